The Hall–Kier alpha value is -6.62. The highest BCUT2D eigenvalue weighted by molar-refractivity contribution is 7.14. The lowest BCUT2D eigenvalue weighted by Gasteiger charge is -2.30. The molecular formula is C46H60N8O12S2. The topological polar surface area (TPSA) is 238 Å². The number of hydrogen-bond acceptors (Lipinski definition) is 18. The number of nitrogens with one attached hydrogen (secondary N) is 4. The van der Waals surface area contributed by atoms with Gasteiger partial charge in [-0.1, -0.05) is 0 Å². The highest BCUT2D eigenvalue weighted by Gasteiger charge is 2.24. The molecule has 0 bridgehead atoms. The van der Waals surface area contributed by atoms with E-state index in [2.05, 4.69) is 96.4 Å². The van der Waals surface area contributed by atoms with E-state index in [1.807, 2.05) is 0 Å². The largest absolute Gasteiger partial charge is 0.496 e. The second kappa shape index (κ2) is 25.5. The maximum atomic E-state index is 13.4. The van der Waals surface area contributed by atoms with E-state index >= 15 is 0 Å². The Morgan fingerprint density at radius 1 is 0.515 bits per heavy atom. The molecule has 0 unspecified atom stereocenters. The number of anilines is 2. The summed E-state index contributed by atoms with van der Waals surface area (Å²) in [7, 11) is 5.21. The summed E-state index contributed by atoms with van der Waals surface area (Å²) in [6.45, 7) is 18.9. The van der Waals surface area contributed by atoms with Crippen LogP contribution in [0.5, 0.6) is 34.5 Å². The maximum absolute atomic E-state index is 13.4. The van der Waals surface area contributed by atoms with E-state index in [0.29, 0.717) is 50.3 Å². The van der Waals surface area contributed by atoms with Gasteiger partial charge in [0, 0.05) is 97.5 Å². The maximum Gasteiger partial charge on any atom is 0.336 e. The van der Waals surface area contributed by atoms with Crippen LogP contribution >= 0.6 is 22.7 Å². The van der Waals surface area contributed by atoms with Gasteiger partial charge >= 0.3 is 11.9 Å². The minimum Gasteiger partial charge on any atom is -0.496 e. The highest BCUT2D eigenvalue weighted by atomic mass is 32.1. The molecule has 368 valence electrons. The number of aromatic nitrogens is 2. The van der Waals surface area contributed by atoms with Gasteiger partial charge < -0.3 is 39.1 Å². The average molecular weight is 981 g/mol. The van der Waals surface area contributed by atoms with Gasteiger partial charge in [0.2, 0.25) is 0 Å². The molecule has 0 atom stereocenters. The van der Waals surface area contributed by atoms with E-state index in [0.717, 1.165) is 34.8 Å². The molecule has 20 nitrogen and oxygen atoms in total. The normalized spacial score (nSPS) is 11.4. The Labute approximate surface area is 403 Å². The second-order valence-corrected chi connectivity index (χ2v) is 17.6. The molecule has 0 spiro atoms. The van der Waals surface area contributed by atoms with Crippen molar-refractivity contribution in [2.24, 2.45) is 0 Å². The summed E-state index contributed by atoms with van der Waals surface area (Å²) >= 11 is 2.12. The van der Waals surface area contributed by atoms with Crippen LogP contribution < -0.4 is 49.7 Å². The second-order valence-electron chi connectivity index (χ2n) is 15.9. The zero-order chi connectivity index (χ0) is 50.2. The van der Waals surface area contributed by atoms with Crippen LogP contribution in [0.15, 0.2) is 47.2 Å². The lowest BCUT2D eigenvalue weighted by molar-refractivity contribution is -0.131. The van der Waals surface area contributed by atoms with Crippen molar-refractivity contribution in [1.82, 2.24) is 30.4 Å². The van der Waals surface area contributed by atoms with Crippen molar-refractivity contribution in [2.75, 3.05) is 65.3 Å². The van der Waals surface area contributed by atoms with Crippen molar-refractivity contribution in [3.05, 3.63) is 69.7 Å². The fraction of sp³-hybridized carbons (Fsp3) is 0.435. The lowest BCUT2D eigenvalue weighted by atomic mass is 10.1. The Morgan fingerprint density at radius 3 is 1.16 bits per heavy atom. The minimum atomic E-state index is -1.02. The predicted molar refractivity (Wildman–Crippen MR) is 258 cm³/mol. The molecule has 0 radical (unpaired) electrons. The molecule has 2 aromatic heterocycles. The molecular weight excluding hydrogens is 921 g/mol. The van der Waals surface area contributed by atoms with Crippen LogP contribution in [-0.4, -0.2) is 134 Å². The fourth-order valence-electron chi connectivity index (χ4n) is 6.88. The van der Waals surface area contributed by atoms with Gasteiger partial charge in [-0.3, -0.25) is 39.6 Å². The first-order chi connectivity index (χ1) is 32.3. The van der Waals surface area contributed by atoms with E-state index in [1.165, 1.54) is 63.5 Å². The van der Waals surface area contributed by atoms with Crippen molar-refractivity contribution < 1.29 is 57.2 Å². The lowest BCUT2D eigenvalue weighted by Crippen LogP contribution is -2.42. The van der Waals surface area contributed by atoms with E-state index in [4.69, 9.17) is 28.4 Å². The van der Waals surface area contributed by atoms with Crippen LogP contribution in [-0.2, 0) is 9.59 Å². The van der Waals surface area contributed by atoms with Gasteiger partial charge in [-0.15, -0.1) is 22.7 Å². The van der Waals surface area contributed by atoms with Crippen LogP contribution in [0.1, 0.15) is 97.1 Å². The molecule has 0 saturated heterocycles. The standard InChI is InChI=1S/C46H60N8O12S2/c1-25(2)53(26(3)4)17-15-47-43(59)31-23-67-45(49-31)51-41(57)29-19-35(63-11)37(21-33(29)61-9)65-39(55)13-14-40(56)66-38-22-34(62-10)30(20-36(38)64-12)42(58)52-46-50-32(24-68-46)44(60)48-16-18-54(27(5)6)28(7)8/h13-14,19-28H,15-18H2,1-12H3,(H,47,59)(H,48,60)(H,49,51,57)(H,50,52,58)/b14-13-. The van der Waals surface area contributed by atoms with Gasteiger partial charge in [0.15, 0.2) is 33.3 Å². The zero-order valence-corrected chi connectivity index (χ0v) is 41.9. The molecule has 0 fully saturated rings. The number of ether oxygens (including phenoxy) is 6. The van der Waals surface area contributed by atoms with Gasteiger partial charge in [-0.25, -0.2) is 19.6 Å². The SMILES string of the molecule is COc1cc(C(=O)Nc2nc(C(=O)NCCN(C(C)C)C(C)C)cs2)c(OC)cc1OC(=O)/C=C\C(=O)Oc1cc(OC)c(C(=O)Nc2nc(C(=O)NCCN(C(C)C)C(C)C)cs2)cc1OC. The molecule has 0 aliphatic heterocycles. The number of methoxy groups -OCH3 is 4. The van der Waals surface area contributed by atoms with Crippen LogP contribution in [0.4, 0.5) is 10.3 Å². The molecule has 0 aliphatic rings. The van der Waals surface area contributed by atoms with Crippen molar-refractivity contribution in [3.63, 3.8) is 0 Å². The molecule has 22 heteroatoms. The summed E-state index contributed by atoms with van der Waals surface area (Å²) in [5.41, 5.74) is 0.291. The summed E-state index contributed by atoms with van der Waals surface area (Å²) in [4.78, 5) is 91.1. The molecule has 4 rings (SSSR count). The number of benzene rings is 2. The molecule has 68 heavy (non-hydrogen) atoms. The van der Waals surface area contributed by atoms with Gasteiger partial charge in [0.25, 0.3) is 23.6 Å². The number of carbonyl (C=O) groups is 6. The molecule has 4 N–H and O–H groups in total. The smallest absolute Gasteiger partial charge is 0.336 e. The fourth-order valence-corrected chi connectivity index (χ4v) is 8.25. The van der Waals surface area contributed by atoms with Crippen LogP contribution in [0, 0.1) is 0 Å². The first kappa shape index (κ1) is 54.0. The number of rotatable bonds is 24. The number of nitrogens with zero attached hydrogens (tertiary/aromatic N) is 4. The Kier molecular flexibility index (Phi) is 20.2. The predicted octanol–water partition coefficient (Wildman–Crippen LogP) is 5.90. The van der Waals surface area contributed by atoms with Gasteiger partial charge in [0.1, 0.15) is 22.9 Å². The average Bonchev–Trinajstić information content (AvgIpc) is 3.97. The Balaban J connectivity index is 1.36. The molecule has 2 heterocycles. The number of esters is 2. The molecule has 2 aromatic carbocycles. The summed E-state index contributed by atoms with van der Waals surface area (Å²) in [5, 5.41) is 14.4. The monoisotopic (exact) mass is 980 g/mol. The Bertz CT molecular complexity index is 2270. The van der Waals surface area contributed by atoms with Crippen molar-refractivity contribution in [2.45, 2.75) is 79.6 Å². The first-order valence-electron chi connectivity index (χ1n) is 21.6. The third kappa shape index (κ3) is 14.9. The van der Waals surface area contributed by atoms with Gasteiger partial charge in [-0.05, 0) is 55.4 Å². The van der Waals surface area contributed by atoms with Gasteiger partial charge in [-0.2, -0.15) is 0 Å². The van der Waals surface area contributed by atoms with Crippen molar-refractivity contribution in [3.8, 4) is 34.5 Å². The van der Waals surface area contributed by atoms with E-state index < -0.39 is 23.8 Å². The molecule has 4 amide bonds. The van der Waals surface area contributed by atoms with E-state index in [1.54, 1.807) is 0 Å². The van der Waals surface area contributed by atoms with Crippen LogP contribution in [0.2, 0.25) is 0 Å². The number of amides is 4. The Morgan fingerprint density at radius 2 is 0.853 bits per heavy atom. The number of hydrogen-bond donors (Lipinski definition) is 4. The van der Waals surface area contributed by atoms with E-state index in [-0.39, 0.29) is 79.1 Å². The van der Waals surface area contributed by atoms with Crippen LogP contribution in [0.25, 0.3) is 0 Å². The van der Waals surface area contributed by atoms with Crippen LogP contribution in [0.3, 0.4) is 0 Å². The minimum absolute atomic E-state index is 0.00278. The first-order valence-corrected chi connectivity index (χ1v) is 23.3. The molecule has 0 saturated carbocycles. The summed E-state index contributed by atoms with van der Waals surface area (Å²) in [6.07, 6.45) is 1.60. The summed E-state index contributed by atoms with van der Waals surface area (Å²) in [5.74, 6) is -4.40. The highest BCUT2D eigenvalue weighted by Crippen LogP contribution is 2.37. The summed E-state index contributed by atoms with van der Waals surface area (Å²) in [6, 6.07) is 6.34. The summed E-state index contributed by atoms with van der Waals surface area (Å²) < 4.78 is 32.4. The number of thiazole rings is 2. The zero-order valence-electron chi connectivity index (χ0n) is 40.3. The van der Waals surface area contributed by atoms with Crippen molar-refractivity contribution >= 4 is 68.5 Å². The quantitative estimate of drug-likeness (QED) is 0.0363. The molecule has 4 aromatic rings. The number of carbonyl (C=O) groups excluding carboxylic acids is 6. The third-order valence-electron chi connectivity index (χ3n) is 10.1. The van der Waals surface area contributed by atoms with E-state index in [9.17, 15) is 28.8 Å². The molecule has 0 aliphatic carbocycles. The van der Waals surface area contributed by atoms with Crippen molar-refractivity contribution in [1.29, 1.82) is 0 Å². The van der Waals surface area contributed by atoms with Gasteiger partial charge in [0.05, 0.1) is 39.6 Å². The third-order valence-corrected chi connectivity index (χ3v) is 11.6.